The predicted molar refractivity (Wildman–Crippen MR) is 69.5 cm³/mol. The SMILES string of the molecule is CN(C)CCNC(=O)c1ccc2c(c1)NCC2. The van der Waals surface area contributed by atoms with Gasteiger partial charge in [-0.15, -0.1) is 0 Å². The molecule has 1 heterocycles. The standard InChI is InChI=1S/C13H19N3O/c1-16(2)8-7-15-13(17)11-4-3-10-5-6-14-12(10)9-11/h3-4,9,14H,5-8H2,1-2H3,(H,15,17). The van der Waals surface area contributed by atoms with Crippen LogP contribution in [0.1, 0.15) is 15.9 Å². The van der Waals surface area contributed by atoms with E-state index in [2.05, 4.69) is 10.6 Å². The topological polar surface area (TPSA) is 44.4 Å². The number of carbonyl (C=O) groups excluding carboxylic acids is 1. The molecule has 1 aromatic carbocycles. The van der Waals surface area contributed by atoms with Crippen molar-refractivity contribution < 1.29 is 4.79 Å². The number of hydrogen-bond donors (Lipinski definition) is 2. The Balaban J connectivity index is 1.95. The van der Waals surface area contributed by atoms with Gasteiger partial charge in [-0.2, -0.15) is 0 Å². The van der Waals surface area contributed by atoms with Crippen LogP contribution < -0.4 is 10.6 Å². The lowest BCUT2D eigenvalue weighted by molar-refractivity contribution is 0.0951. The summed E-state index contributed by atoms with van der Waals surface area (Å²) in [6.07, 6.45) is 1.05. The summed E-state index contributed by atoms with van der Waals surface area (Å²) in [5.74, 6) is 0.00310. The number of likely N-dealkylation sites (N-methyl/N-ethyl adjacent to an activating group) is 1. The molecule has 4 heteroatoms. The molecule has 0 aliphatic carbocycles. The minimum atomic E-state index is 0.00310. The molecular weight excluding hydrogens is 214 g/mol. The van der Waals surface area contributed by atoms with Crippen LogP contribution in [0.5, 0.6) is 0 Å². The van der Waals surface area contributed by atoms with Crippen LogP contribution in [0, 0.1) is 0 Å². The van der Waals surface area contributed by atoms with E-state index >= 15 is 0 Å². The molecule has 0 radical (unpaired) electrons. The molecule has 0 saturated heterocycles. The number of benzene rings is 1. The van der Waals surface area contributed by atoms with Crippen LogP contribution in [0.25, 0.3) is 0 Å². The Hall–Kier alpha value is -1.55. The first kappa shape index (κ1) is 11.9. The maximum atomic E-state index is 11.9. The smallest absolute Gasteiger partial charge is 0.251 e. The first-order chi connectivity index (χ1) is 8.16. The fourth-order valence-corrected chi connectivity index (χ4v) is 1.93. The molecule has 0 fully saturated rings. The van der Waals surface area contributed by atoms with Crippen LogP contribution in [-0.2, 0) is 6.42 Å². The van der Waals surface area contributed by atoms with E-state index in [1.54, 1.807) is 0 Å². The maximum Gasteiger partial charge on any atom is 0.251 e. The van der Waals surface area contributed by atoms with Crippen molar-refractivity contribution in [3.8, 4) is 0 Å². The molecule has 0 aromatic heterocycles. The zero-order valence-electron chi connectivity index (χ0n) is 10.4. The number of anilines is 1. The average Bonchev–Trinajstić information content (AvgIpc) is 2.75. The van der Waals surface area contributed by atoms with Crippen LogP contribution in [-0.4, -0.2) is 44.5 Å². The van der Waals surface area contributed by atoms with Crippen LogP contribution in [0.4, 0.5) is 5.69 Å². The Morgan fingerprint density at radius 1 is 1.47 bits per heavy atom. The van der Waals surface area contributed by atoms with E-state index < -0.39 is 0 Å². The number of rotatable bonds is 4. The number of nitrogens with one attached hydrogen (secondary N) is 2. The van der Waals surface area contributed by atoms with Gasteiger partial charge in [0.15, 0.2) is 0 Å². The lowest BCUT2D eigenvalue weighted by Crippen LogP contribution is -2.31. The summed E-state index contributed by atoms with van der Waals surface area (Å²) in [5, 5.41) is 6.19. The van der Waals surface area contributed by atoms with Gasteiger partial charge in [0.1, 0.15) is 0 Å². The molecule has 0 saturated carbocycles. The van der Waals surface area contributed by atoms with Gasteiger partial charge in [0.25, 0.3) is 5.91 Å². The Labute approximate surface area is 102 Å². The van der Waals surface area contributed by atoms with E-state index in [9.17, 15) is 4.79 Å². The first-order valence-electron chi connectivity index (χ1n) is 5.96. The van der Waals surface area contributed by atoms with Crippen molar-refractivity contribution >= 4 is 11.6 Å². The van der Waals surface area contributed by atoms with Crippen LogP contribution >= 0.6 is 0 Å². The fraction of sp³-hybridized carbons (Fsp3) is 0.462. The number of nitrogens with zero attached hydrogens (tertiary/aromatic N) is 1. The third-order valence-electron chi connectivity index (χ3n) is 2.93. The number of fused-ring (bicyclic) bond motifs is 1. The normalized spacial score (nSPS) is 13.4. The van der Waals surface area contributed by atoms with Crippen molar-refractivity contribution in [3.05, 3.63) is 29.3 Å². The van der Waals surface area contributed by atoms with Gasteiger partial charge in [-0.05, 0) is 38.2 Å². The van der Waals surface area contributed by atoms with Crippen molar-refractivity contribution in [2.45, 2.75) is 6.42 Å². The third-order valence-corrected chi connectivity index (χ3v) is 2.93. The minimum absolute atomic E-state index is 0.00310. The quantitative estimate of drug-likeness (QED) is 0.813. The van der Waals surface area contributed by atoms with E-state index in [4.69, 9.17) is 0 Å². The third kappa shape index (κ3) is 2.97. The molecule has 0 spiro atoms. The minimum Gasteiger partial charge on any atom is -0.384 e. The number of hydrogen-bond acceptors (Lipinski definition) is 3. The molecule has 1 amide bonds. The highest BCUT2D eigenvalue weighted by molar-refractivity contribution is 5.95. The molecule has 0 atom stereocenters. The van der Waals surface area contributed by atoms with E-state index in [-0.39, 0.29) is 5.91 Å². The maximum absolute atomic E-state index is 11.9. The van der Waals surface area contributed by atoms with E-state index in [0.717, 1.165) is 30.8 Å². The zero-order chi connectivity index (χ0) is 12.3. The van der Waals surface area contributed by atoms with E-state index in [1.165, 1.54) is 5.56 Å². The monoisotopic (exact) mass is 233 g/mol. The van der Waals surface area contributed by atoms with E-state index in [0.29, 0.717) is 6.54 Å². The van der Waals surface area contributed by atoms with Crippen molar-refractivity contribution in [1.29, 1.82) is 0 Å². The summed E-state index contributed by atoms with van der Waals surface area (Å²) < 4.78 is 0. The second kappa shape index (κ2) is 5.19. The Morgan fingerprint density at radius 3 is 3.06 bits per heavy atom. The predicted octanol–water partition coefficient (Wildman–Crippen LogP) is 0.946. The molecule has 1 aliphatic heterocycles. The van der Waals surface area contributed by atoms with Gasteiger partial charge in [0.05, 0.1) is 0 Å². The van der Waals surface area contributed by atoms with Crippen molar-refractivity contribution in [2.24, 2.45) is 0 Å². The largest absolute Gasteiger partial charge is 0.384 e. The summed E-state index contributed by atoms with van der Waals surface area (Å²) >= 11 is 0. The molecule has 2 rings (SSSR count). The Kier molecular flexibility index (Phi) is 3.64. The van der Waals surface area contributed by atoms with Gasteiger partial charge in [0, 0.05) is 30.9 Å². The molecule has 0 bridgehead atoms. The lowest BCUT2D eigenvalue weighted by Gasteiger charge is -2.11. The summed E-state index contributed by atoms with van der Waals surface area (Å²) in [4.78, 5) is 13.9. The first-order valence-corrected chi connectivity index (χ1v) is 5.96. The molecule has 4 nitrogen and oxygen atoms in total. The Bertz CT molecular complexity index is 415. The summed E-state index contributed by atoms with van der Waals surface area (Å²) in [6, 6.07) is 5.88. The van der Waals surface area contributed by atoms with E-state index in [1.807, 2.05) is 37.2 Å². The highest BCUT2D eigenvalue weighted by Gasteiger charge is 2.12. The fourth-order valence-electron chi connectivity index (χ4n) is 1.93. The molecule has 2 N–H and O–H groups in total. The molecule has 0 unspecified atom stereocenters. The molecule has 1 aromatic rings. The zero-order valence-corrected chi connectivity index (χ0v) is 10.4. The van der Waals surface area contributed by atoms with Crippen molar-refractivity contribution in [3.63, 3.8) is 0 Å². The highest BCUT2D eigenvalue weighted by atomic mass is 16.1. The summed E-state index contributed by atoms with van der Waals surface area (Å²) in [6.45, 7) is 2.51. The molecular formula is C13H19N3O. The van der Waals surface area contributed by atoms with Gasteiger partial charge < -0.3 is 15.5 Å². The highest BCUT2D eigenvalue weighted by Crippen LogP contribution is 2.22. The lowest BCUT2D eigenvalue weighted by atomic mass is 10.1. The molecule has 17 heavy (non-hydrogen) atoms. The van der Waals surface area contributed by atoms with Gasteiger partial charge in [-0.3, -0.25) is 4.79 Å². The average molecular weight is 233 g/mol. The van der Waals surface area contributed by atoms with Crippen LogP contribution in [0.3, 0.4) is 0 Å². The van der Waals surface area contributed by atoms with Crippen LogP contribution in [0.15, 0.2) is 18.2 Å². The molecule has 1 aliphatic rings. The molecule has 92 valence electrons. The second-order valence-electron chi connectivity index (χ2n) is 4.61. The van der Waals surface area contributed by atoms with Gasteiger partial charge >= 0.3 is 0 Å². The van der Waals surface area contributed by atoms with Gasteiger partial charge in [-0.25, -0.2) is 0 Å². The number of amides is 1. The van der Waals surface area contributed by atoms with Crippen molar-refractivity contribution in [2.75, 3.05) is 39.0 Å². The van der Waals surface area contributed by atoms with Crippen molar-refractivity contribution in [1.82, 2.24) is 10.2 Å². The Morgan fingerprint density at radius 2 is 2.29 bits per heavy atom. The van der Waals surface area contributed by atoms with Gasteiger partial charge in [0.2, 0.25) is 0 Å². The van der Waals surface area contributed by atoms with Gasteiger partial charge in [-0.1, -0.05) is 6.07 Å². The summed E-state index contributed by atoms with van der Waals surface area (Å²) in [5.41, 5.74) is 3.14. The van der Waals surface area contributed by atoms with Crippen LogP contribution in [0.2, 0.25) is 0 Å². The second-order valence-corrected chi connectivity index (χ2v) is 4.61. The number of carbonyl (C=O) groups is 1. The summed E-state index contributed by atoms with van der Waals surface area (Å²) in [7, 11) is 3.98.